The van der Waals surface area contributed by atoms with Crippen molar-refractivity contribution in [2.45, 2.75) is 43.4 Å². The number of anilines is 1. The van der Waals surface area contributed by atoms with Crippen LogP contribution >= 0.6 is 11.8 Å². The van der Waals surface area contributed by atoms with Crippen molar-refractivity contribution in [1.82, 2.24) is 4.90 Å². The molecule has 4 rings (SSSR count). The second-order valence-electron chi connectivity index (χ2n) is 7.53. The first-order valence-electron chi connectivity index (χ1n) is 9.57. The summed E-state index contributed by atoms with van der Waals surface area (Å²) < 4.78 is 23.3. The molecular weight excluding hydrogens is 382 g/mol. The normalized spacial score (nSPS) is 27.0. The number of hydrogen-bond donors (Lipinski definition) is 1. The van der Waals surface area contributed by atoms with Crippen molar-refractivity contribution < 1.29 is 13.2 Å². The molecule has 2 saturated heterocycles. The lowest BCUT2D eigenvalue weighted by Crippen LogP contribution is -2.33. The molecule has 0 saturated carbocycles. The van der Waals surface area contributed by atoms with Crippen molar-refractivity contribution in [3.05, 3.63) is 29.8 Å². The Morgan fingerprint density at radius 1 is 1.11 bits per heavy atom. The minimum atomic E-state index is -2.92. The third-order valence-corrected chi connectivity index (χ3v) is 8.48. The van der Waals surface area contributed by atoms with Gasteiger partial charge in [-0.3, -0.25) is 9.79 Å². The summed E-state index contributed by atoms with van der Waals surface area (Å²) in [6, 6.07) is 7.75. The average molecular weight is 408 g/mol. The second-order valence-corrected chi connectivity index (χ2v) is 10.9. The van der Waals surface area contributed by atoms with Gasteiger partial charge in [0.1, 0.15) is 0 Å². The van der Waals surface area contributed by atoms with Crippen molar-refractivity contribution in [1.29, 1.82) is 0 Å². The van der Waals surface area contributed by atoms with Crippen LogP contribution in [0.15, 0.2) is 29.3 Å². The fourth-order valence-electron chi connectivity index (χ4n) is 3.85. The highest BCUT2D eigenvalue weighted by atomic mass is 32.2. The number of nitrogens with zero attached hydrogens (tertiary/aromatic N) is 2. The molecule has 2 fully saturated rings. The summed E-state index contributed by atoms with van der Waals surface area (Å²) in [7, 11) is -2.92. The van der Waals surface area contributed by atoms with Gasteiger partial charge in [-0.15, -0.1) is 0 Å². The summed E-state index contributed by atoms with van der Waals surface area (Å²) in [6.07, 6.45) is 5.10. The Morgan fingerprint density at radius 2 is 1.81 bits per heavy atom. The monoisotopic (exact) mass is 407 g/mol. The molecule has 0 unspecified atom stereocenters. The van der Waals surface area contributed by atoms with Crippen LogP contribution in [0.5, 0.6) is 0 Å². The highest BCUT2D eigenvalue weighted by Gasteiger charge is 2.42. The molecule has 0 aromatic heterocycles. The zero-order chi connectivity index (χ0) is 18.9. The standard InChI is InChI=1S/C19H25N3O3S2/c23-18(22-9-3-1-2-4-10-22)11-14-5-7-15(8-6-14)20-19-21-16-12-27(24,25)13-17(16)26-19/h5-8,16-17H,1-4,9-13H2,(H,20,21)/t16-,17-/m0/s1. The van der Waals surface area contributed by atoms with Gasteiger partial charge in [0.05, 0.1) is 24.0 Å². The molecule has 0 aliphatic carbocycles. The number of carbonyl (C=O) groups is 1. The van der Waals surface area contributed by atoms with Crippen LogP contribution in [0.3, 0.4) is 0 Å². The minimum absolute atomic E-state index is 0.0445. The van der Waals surface area contributed by atoms with Crippen LogP contribution < -0.4 is 5.32 Å². The van der Waals surface area contributed by atoms with Crippen molar-refractivity contribution in [3.63, 3.8) is 0 Å². The molecular formula is C19H25N3O3S2. The van der Waals surface area contributed by atoms with Crippen molar-refractivity contribution >= 4 is 38.4 Å². The molecule has 0 radical (unpaired) electrons. The van der Waals surface area contributed by atoms with Crippen molar-refractivity contribution in [3.8, 4) is 0 Å². The molecule has 2 atom stereocenters. The molecule has 0 bridgehead atoms. The van der Waals surface area contributed by atoms with E-state index in [1.807, 2.05) is 29.2 Å². The number of nitrogens with one attached hydrogen (secondary N) is 1. The summed E-state index contributed by atoms with van der Waals surface area (Å²) in [5, 5.41) is 4.10. The van der Waals surface area contributed by atoms with Gasteiger partial charge >= 0.3 is 0 Å². The molecule has 1 aromatic rings. The Morgan fingerprint density at radius 3 is 2.48 bits per heavy atom. The largest absolute Gasteiger partial charge is 0.342 e. The quantitative estimate of drug-likeness (QED) is 0.832. The fraction of sp³-hybridized carbons (Fsp3) is 0.579. The minimum Gasteiger partial charge on any atom is -0.342 e. The van der Waals surface area contributed by atoms with Crippen LogP contribution in [0.2, 0.25) is 0 Å². The van der Waals surface area contributed by atoms with Crippen LogP contribution in [-0.2, 0) is 21.1 Å². The van der Waals surface area contributed by atoms with E-state index in [2.05, 4.69) is 10.3 Å². The number of aliphatic imine (C=N–C) groups is 1. The van der Waals surface area contributed by atoms with E-state index in [0.717, 1.165) is 42.3 Å². The van der Waals surface area contributed by atoms with E-state index in [1.165, 1.54) is 24.6 Å². The Bertz CT molecular complexity index is 828. The van der Waals surface area contributed by atoms with Gasteiger partial charge in [-0.2, -0.15) is 0 Å². The summed E-state index contributed by atoms with van der Waals surface area (Å²) in [5.74, 6) is 0.587. The molecule has 146 valence electrons. The lowest BCUT2D eigenvalue weighted by atomic mass is 10.1. The number of amides is 1. The number of fused-ring (bicyclic) bond motifs is 1. The predicted molar refractivity (Wildman–Crippen MR) is 110 cm³/mol. The zero-order valence-electron chi connectivity index (χ0n) is 15.3. The van der Waals surface area contributed by atoms with Crippen LogP contribution in [0.1, 0.15) is 31.2 Å². The lowest BCUT2D eigenvalue weighted by Gasteiger charge is -2.20. The van der Waals surface area contributed by atoms with E-state index in [0.29, 0.717) is 6.42 Å². The van der Waals surface area contributed by atoms with Gasteiger partial charge in [-0.25, -0.2) is 8.42 Å². The van der Waals surface area contributed by atoms with Gasteiger partial charge in [-0.05, 0) is 30.5 Å². The average Bonchev–Trinajstić information content (AvgIpc) is 2.97. The molecule has 1 N–H and O–H groups in total. The summed E-state index contributed by atoms with van der Waals surface area (Å²) in [4.78, 5) is 19.0. The molecule has 0 spiro atoms. The summed E-state index contributed by atoms with van der Waals surface area (Å²) in [6.45, 7) is 1.77. The molecule has 3 heterocycles. The maximum absolute atomic E-state index is 12.5. The molecule has 27 heavy (non-hydrogen) atoms. The van der Waals surface area contributed by atoms with E-state index < -0.39 is 9.84 Å². The third-order valence-electron chi connectivity index (χ3n) is 5.34. The third kappa shape index (κ3) is 4.66. The number of amidine groups is 1. The Labute approximate surface area is 164 Å². The number of thioether (sulfide) groups is 1. The highest BCUT2D eigenvalue weighted by molar-refractivity contribution is 8.15. The van der Waals surface area contributed by atoms with Crippen molar-refractivity contribution in [2.24, 2.45) is 4.99 Å². The smallest absolute Gasteiger partial charge is 0.226 e. The fourth-order valence-corrected chi connectivity index (χ4v) is 7.53. The molecule has 6 nitrogen and oxygen atoms in total. The second kappa shape index (κ2) is 7.83. The van der Waals surface area contributed by atoms with Gasteiger partial charge in [0.2, 0.25) is 5.91 Å². The maximum atomic E-state index is 12.5. The highest BCUT2D eigenvalue weighted by Crippen LogP contribution is 2.34. The van der Waals surface area contributed by atoms with Crippen LogP contribution in [0.25, 0.3) is 0 Å². The topological polar surface area (TPSA) is 78.8 Å². The zero-order valence-corrected chi connectivity index (χ0v) is 16.9. The van der Waals surface area contributed by atoms with Gasteiger partial charge < -0.3 is 10.2 Å². The number of likely N-dealkylation sites (tertiary alicyclic amines) is 1. The Balaban J connectivity index is 1.32. The summed E-state index contributed by atoms with van der Waals surface area (Å²) >= 11 is 1.51. The molecule has 1 amide bonds. The molecule has 3 aliphatic rings. The van der Waals surface area contributed by atoms with Crippen LogP contribution in [-0.4, -0.2) is 60.3 Å². The Kier molecular flexibility index (Phi) is 5.45. The van der Waals surface area contributed by atoms with E-state index in [4.69, 9.17) is 0 Å². The van der Waals surface area contributed by atoms with Gasteiger partial charge in [0, 0.05) is 24.0 Å². The van der Waals surface area contributed by atoms with E-state index in [-0.39, 0.29) is 28.7 Å². The van der Waals surface area contributed by atoms with Gasteiger partial charge in [0.15, 0.2) is 15.0 Å². The number of carbonyl (C=O) groups excluding carboxylic acids is 1. The molecule has 8 heteroatoms. The first-order valence-corrected chi connectivity index (χ1v) is 12.3. The van der Waals surface area contributed by atoms with Gasteiger partial charge in [0.25, 0.3) is 0 Å². The molecule has 3 aliphatic heterocycles. The Hall–Kier alpha value is -1.54. The SMILES string of the molecule is O=C(Cc1ccc(NC2=N[C@H]3CS(=O)(=O)C[C@@H]3S2)cc1)N1CCCCCC1. The van der Waals surface area contributed by atoms with E-state index in [1.54, 1.807) is 0 Å². The van der Waals surface area contributed by atoms with Gasteiger partial charge in [-0.1, -0.05) is 36.7 Å². The lowest BCUT2D eigenvalue weighted by molar-refractivity contribution is -0.130. The van der Waals surface area contributed by atoms with Crippen LogP contribution in [0, 0.1) is 0 Å². The van der Waals surface area contributed by atoms with Crippen LogP contribution in [0.4, 0.5) is 5.69 Å². The van der Waals surface area contributed by atoms with E-state index in [9.17, 15) is 13.2 Å². The maximum Gasteiger partial charge on any atom is 0.226 e. The number of benzene rings is 1. The van der Waals surface area contributed by atoms with E-state index >= 15 is 0 Å². The number of rotatable bonds is 3. The molecule has 1 aromatic carbocycles. The number of hydrogen-bond acceptors (Lipinski definition) is 6. The first-order chi connectivity index (χ1) is 13.0. The van der Waals surface area contributed by atoms with Crippen molar-refractivity contribution in [2.75, 3.05) is 29.9 Å². The number of sulfone groups is 1. The first kappa shape index (κ1) is 18.8. The summed E-state index contributed by atoms with van der Waals surface area (Å²) in [5.41, 5.74) is 1.92. The predicted octanol–water partition coefficient (Wildman–Crippen LogP) is 2.31.